The van der Waals surface area contributed by atoms with E-state index in [-0.39, 0.29) is 5.97 Å². The maximum absolute atomic E-state index is 11.3. The predicted molar refractivity (Wildman–Crippen MR) is 136 cm³/mol. The van der Waals surface area contributed by atoms with Crippen LogP contribution in [0.25, 0.3) is 22.6 Å². The highest BCUT2D eigenvalue weighted by molar-refractivity contribution is 5.70. The summed E-state index contributed by atoms with van der Waals surface area (Å²) >= 11 is 0. The molecule has 180 valence electrons. The molecule has 0 saturated heterocycles. The minimum atomic E-state index is -0.203. The second-order valence-electron chi connectivity index (χ2n) is 8.45. The molecular weight excluding hydrogens is 440 g/mol. The lowest BCUT2D eigenvalue weighted by molar-refractivity contribution is -0.140. The number of benzene rings is 2. The normalized spacial score (nSPS) is 11.5. The van der Waals surface area contributed by atoms with Crippen molar-refractivity contribution in [3.63, 3.8) is 0 Å². The minimum absolute atomic E-state index is 0.203. The summed E-state index contributed by atoms with van der Waals surface area (Å²) < 4.78 is 16.3. The first-order valence-electron chi connectivity index (χ1n) is 11.7. The highest BCUT2D eigenvalue weighted by Gasteiger charge is 2.15. The van der Waals surface area contributed by atoms with E-state index in [0.717, 1.165) is 50.7 Å². The Morgan fingerprint density at radius 3 is 2.54 bits per heavy atom. The molecule has 2 heterocycles. The molecule has 0 unspecified atom stereocenters. The number of methoxy groups -OCH3 is 1. The number of aromatic nitrogens is 2. The number of aromatic amines is 1. The van der Waals surface area contributed by atoms with Crippen molar-refractivity contribution in [3.05, 3.63) is 95.4 Å². The van der Waals surface area contributed by atoms with E-state index in [1.807, 2.05) is 62.4 Å². The van der Waals surface area contributed by atoms with E-state index < -0.39 is 0 Å². The number of carbonyl (C=O) groups is 1. The zero-order valence-electron chi connectivity index (χ0n) is 20.3. The van der Waals surface area contributed by atoms with Gasteiger partial charge in [0, 0.05) is 35.2 Å². The Labute approximate surface area is 205 Å². The number of para-hydroxylation sites is 1. The number of esters is 1. The van der Waals surface area contributed by atoms with Crippen LogP contribution in [-0.4, -0.2) is 29.9 Å². The van der Waals surface area contributed by atoms with Crippen molar-refractivity contribution >= 4 is 5.97 Å². The van der Waals surface area contributed by atoms with E-state index in [1.165, 1.54) is 7.11 Å². The molecule has 1 N–H and O–H groups in total. The summed E-state index contributed by atoms with van der Waals surface area (Å²) in [6.45, 7) is 4.48. The smallest absolute Gasteiger partial charge is 0.305 e. The van der Waals surface area contributed by atoms with Crippen molar-refractivity contribution in [2.75, 3.05) is 13.7 Å². The summed E-state index contributed by atoms with van der Waals surface area (Å²) in [6, 6.07) is 20.1. The molecule has 0 aliphatic carbocycles. The zero-order chi connectivity index (χ0) is 24.6. The number of allylic oxidation sites excluding steroid dienone is 1. The van der Waals surface area contributed by atoms with Gasteiger partial charge in [-0.2, -0.15) is 5.10 Å². The van der Waals surface area contributed by atoms with E-state index in [1.54, 1.807) is 6.26 Å². The highest BCUT2D eigenvalue weighted by atomic mass is 16.5. The van der Waals surface area contributed by atoms with Crippen LogP contribution >= 0.6 is 0 Å². The van der Waals surface area contributed by atoms with E-state index in [9.17, 15) is 4.79 Å². The third-order valence-electron chi connectivity index (χ3n) is 6.00. The van der Waals surface area contributed by atoms with Crippen LogP contribution in [-0.2, 0) is 16.0 Å². The van der Waals surface area contributed by atoms with Gasteiger partial charge in [0.2, 0.25) is 0 Å². The molecule has 0 atom stereocenters. The van der Waals surface area contributed by atoms with Crippen LogP contribution in [0.5, 0.6) is 5.75 Å². The molecular formula is C29H30N2O4. The van der Waals surface area contributed by atoms with Gasteiger partial charge in [0.1, 0.15) is 18.1 Å². The Bertz CT molecular complexity index is 1280. The van der Waals surface area contributed by atoms with Crippen LogP contribution in [0, 0.1) is 6.92 Å². The number of hydrogen-bond acceptors (Lipinski definition) is 5. The Kier molecular flexibility index (Phi) is 7.83. The largest absolute Gasteiger partial charge is 0.489 e. The third kappa shape index (κ3) is 6.09. The average Bonchev–Trinajstić information content (AvgIpc) is 3.54. The fourth-order valence-corrected chi connectivity index (χ4v) is 3.90. The van der Waals surface area contributed by atoms with Gasteiger partial charge in [0.05, 0.1) is 19.1 Å². The van der Waals surface area contributed by atoms with Gasteiger partial charge in [-0.3, -0.25) is 9.89 Å². The van der Waals surface area contributed by atoms with Crippen molar-refractivity contribution in [1.29, 1.82) is 0 Å². The molecule has 2 aromatic carbocycles. The number of hydrogen-bond donors (Lipinski definition) is 1. The van der Waals surface area contributed by atoms with Gasteiger partial charge < -0.3 is 13.9 Å². The van der Waals surface area contributed by atoms with Gasteiger partial charge in [0.25, 0.3) is 0 Å². The molecule has 0 aliphatic heterocycles. The molecule has 0 amide bonds. The molecule has 0 radical (unpaired) electrons. The molecule has 0 aliphatic rings. The monoisotopic (exact) mass is 470 g/mol. The maximum atomic E-state index is 11.3. The number of furan rings is 1. The maximum Gasteiger partial charge on any atom is 0.305 e. The Morgan fingerprint density at radius 1 is 1.03 bits per heavy atom. The highest BCUT2D eigenvalue weighted by Crippen LogP contribution is 2.31. The number of carbonyl (C=O) groups excluding carboxylic acids is 1. The first-order chi connectivity index (χ1) is 17.0. The Morgan fingerprint density at radius 2 is 1.80 bits per heavy atom. The molecule has 35 heavy (non-hydrogen) atoms. The van der Waals surface area contributed by atoms with E-state index in [2.05, 4.69) is 28.4 Å². The summed E-state index contributed by atoms with van der Waals surface area (Å²) in [7, 11) is 1.41. The van der Waals surface area contributed by atoms with Crippen molar-refractivity contribution in [2.24, 2.45) is 0 Å². The van der Waals surface area contributed by atoms with Crippen LogP contribution in [0.3, 0.4) is 0 Å². The molecule has 4 aromatic rings. The topological polar surface area (TPSA) is 77.3 Å². The van der Waals surface area contributed by atoms with Crippen molar-refractivity contribution in [2.45, 2.75) is 33.1 Å². The van der Waals surface area contributed by atoms with E-state index in [4.69, 9.17) is 13.9 Å². The van der Waals surface area contributed by atoms with Gasteiger partial charge in [-0.05, 0) is 50.1 Å². The summed E-state index contributed by atoms with van der Waals surface area (Å²) in [5.74, 6) is 1.48. The molecule has 0 spiro atoms. The van der Waals surface area contributed by atoms with Gasteiger partial charge in [-0.1, -0.05) is 48.0 Å². The van der Waals surface area contributed by atoms with E-state index >= 15 is 0 Å². The van der Waals surface area contributed by atoms with Crippen molar-refractivity contribution in [1.82, 2.24) is 10.2 Å². The predicted octanol–water partition coefficient (Wildman–Crippen LogP) is 6.51. The standard InChI is InChI=1S/C29H30N2O4/c1-20(10-15-28(32)33-3)16-18-35-27-8-5-4-7-24(27)19-25-21(2)30-31-29(25)23-13-11-22(12-14-23)26-9-6-17-34-26/h4-9,11-14,16-17H,10,15,18-19H2,1-3H3,(H,30,31). The molecule has 2 aromatic heterocycles. The van der Waals surface area contributed by atoms with Gasteiger partial charge in [0.15, 0.2) is 0 Å². The summed E-state index contributed by atoms with van der Waals surface area (Å²) in [6.07, 6.45) is 5.42. The number of H-pyrrole nitrogens is 1. The molecule has 6 heteroatoms. The summed E-state index contributed by atoms with van der Waals surface area (Å²) in [4.78, 5) is 11.3. The number of ether oxygens (including phenoxy) is 2. The number of rotatable bonds is 10. The molecule has 0 saturated carbocycles. The van der Waals surface area contributed by atoms with Crippen molar-refractivity contribution in [3.8, 4) is 28.3 Å². The second-order valence-corrected chi connectivity index (χ2v) is 8.45. The summed E-state index contributed by atoms with van der Waals surface area (Å²) in [5, 5.41) is 7.74. The van der Waals surface area contributed by atoms with Crippen LogP contribution in [0.1, 0.15) is 36.6 Å². The second kappa shape index (κ2) is 11.4. The molecule has 4 rings (SSSR count). The zero-order valence-corrected chi connectivity index (χ0v) is 20.3. The van der Waals surface area contributed by atoms with E-state index in [0.29, 0.717) is 25.9 Å². The molecule has 0 fully saturated rings. The van der Waals surface area contributed by atoms with Gasteiger partial charge in [-0.25, -0.2) is 0 Å². The minimum Gasteiger partial charge on any atom is -0.489 e. The summed E-state index contributed by atoms with van der Waals surface area (Å²) in [5.41, 5.74) is 7.36. The number of nitrogens with zero attached hydrogens (tertiary/aromatic N) is 1. The Balaban J connectivity index is 1.48. The van der Waals surface area contributed by atoms with Crippen LogP contribution in [0.2, 0.25) is 0 Å². The molecule has 0 bridgehead atoms. The number of nitrogens with one attached hydrogen (secondary N) is 1. The Hall–Kier alpha value is -4.06. The van der Waals surface area contributed by atoms with Crippen LogP contribution in [0.4, 0.5) is 0 Å². The number of aryl methyl sites for hydroxylation is 1. The van der Waals surface area contributed by atoms with Crippen molar-refractivity contribution < 1.29 is 18.7 Å². The fraction of sp³-hybridized carbons (Fsp3) is 0.241. The first-order valence-corrected chi connectivity index (χ1v) is 11.7. The SMILES string of the molecule is COC(=O)CCC(C)=CCOc1ccccc1Cc1c(-c2ccc(-c3ccco3)cc2)n[nH]c1C. The lowest BCUT2D eigenvalue weighted by Gasteiger charge is -2.12. The first kappa shape index (κ1) is 24.1. The average molecular weight is 471 g/mol. The lowest BCUT2D eigenvalue weighted by Crippen LogP contribution is -2.02. The van der Waals surface area contributed by atoms with Crippen LogP contribution < -0.4 is 4.74 Å². The quantitative estimate of drug-likeness (QED) is 0.211. The van der Waals surface area contributed by atoms with Gasteiger partial charge in [-0.15, -0.1) is 0 Å². The lowest BCUT2D eigenvalue weighted by atomic mass is 9.98. The van der Waals surface area contributed by atoms with Crippen LogP contribution in [0.15, 0.2) is 83.0 Å². The fourth-order valence-electron chi connectivity index (χ4n) is 3.90. The van der Waals surface area contributed by atoms with Gasteiger partial charge >= 0.3 is 5.97 Å². The molecule has 6 nitrogen and oxygen atoms in total. The third-order valence-corrected chi connectivity index (χ3v) is 6.00.